The zero-order chi connectivity index (χ0) is 10.5. The predicted octanol–water partition coefficient (Wildman–Crippen LogP) is 5.75. The molecule has 0 saturated carbocycles. The average Bonchev–Trinajstić information content (AvgIpc) is 2.21. The van der Waals surface area contributed by atoms with Gasteiger partial charge in [-0.25, -0.2) is 0 Å². The van der Waals surface area contributed by atoms with Crippen molar-refractivity contribution < 1.29 is 0 Å². The van der Waals surface area contributed by atoms with Gasteiger partial charge in [0, 0.05) is 0 Å². The molecule has 0 aromatic heterocycles. The normalized spacial score (nSPS) is 10.0. The number of unbranched alkanes of at least 4 members (excludes halogenated alkanes) is 10. The lowest BCUT2D eigenvalue weighted by Gasteiger charge is -2.01. The monoisotopic (exact) mass is 296 g/mol. The molecule has 0 heterocycles. The number of rotatable bonds is 11. The summed E-state index contributed by atoms with van der Waals surface area (Å²) in [6, 6.07) is 0. The van der Waals surface area contributed by atoms with Crippen molar-refractivity contribution in [2.24, 2.45) is 0 Å². The standard InChI is InChI=1S/C13H29P.BrH/c1-2-3-4-5-6-7-8-9-10-11-12-13-14;/h2-14H2,1H3;1H. The quantitative estimate of drug-likeness (QED) is 0.336. The van der Waals surface area contributed by atoms with E-state index in [1.54, 1.807) is 0 Å². The van der Waals surface area contributed by atoms with Crippen molar-refractivity contribution in [3.8, 4) is 0 Å². The van der Waals surface area contributed by atoms with Gasteiger partial charge in [0.05, 0.1) is 0 Å². The van der Waals surface area contributed by atoms with Crippen molar-refractivity contribution in [1.29, 1.82) is 0 Å². The van der Waals surface area contributed by atoms with Crippen molar-refractivity contribution in [2.75, 3.05) is 6.16 Å². The summed E-state index contributed by atoms with van der Waals surface area (Å²) in [6.07, 6.45) is 17.2. The topological polar surface area (TPSA) is 0 Å². The van der Waals surface area contributed by atoms with E-state index in [1.165, 1.54) is 76.8 Å². The maximum Gasteiger partial charge on any atom is -0.0381 e. The van der Waals surface area contributed by atoms with Crippen LogP contribution < -0.4 is 0 Å². The molecule has 0 bridgehead atoms. The highest BCUT2D eigenvalue weighted by molar-refractivity contribution is 8.93. The summed E-state index contributed by atoms with van der Waals surface area (Å²) in [5.74, 6) is 0. The van der Waals surface area contributed by atoms with E-state index in [2.05, 4.69) is 16.2 Å². The molecule has 1 atom stereocenters. The Morgan fingerprint density at radius 1 is 0.600 bits per heavy atom. The lowest BCUT2D eigenvalue weighted by Crippen LogP contribution is -1.82. The first kappa shape index (κ1) is 18.3. The molecule has 0 aliphatic carbocycles. The molecule has 2 heteroatoms. The molecule has 0 nitrogen and oxygen atoms in total. The number of halogens is 1. The van der Waals surface area contributed by atoms with Gasteiger partial charge in [-0.15, -0.1) is 26.2 Å². The Labute approximate surface area is 110 Å². The zero-order valence-electron chi connectivity index (χ0n) is 10.5. The molecule has 0 aromatic carbocycles. The maximum atomic E-state index is 2.81. The maximum absolute atomic E-state index is 2.81. The Kier molecular flexibility index (Phi) is 21.1. The SMILES string of the molecule is Br.CCCCCCCCCCCCCP. The Hall–Kier alpha value is 0.910. The van der Waals surface area contributed by atoms with E-state index in [-0.39, 0.29) is 17.0 Å². The molecule has 0 aromatic rings. The molecule has 0 fully saturated rings. The third-order valence-corrected chi connectivity index (χ3v) is 3.22. The second-order valence-corrected chi connectivity index (χ2v) is 4.90. The molecule has 0 aliphatic rings. The summed E-state index contributed by atoms with van der Waals surface area (Å²) in [6.45, 7) is 2.28. The van der Waals surface area contributed by atoms with Gasteiger partial charge in [0.15, 0.2) is 0 Å². The van der Waals surface area contributed by atoms with Gasteiger partial charge in [-0.3, -0.25) is 0 Å². The Bertz CT molecular complexity index is 84.5. The molecule has 94 valence electrons. The van der Waals surface area contributed by atoms with E-state index in [0.717, 1.165) is 0 Å². The number of hydrogen-bond acceptors (Lipinski definition) is 0. The molecule has 0 aliphatic heterocycles. The van der Waals surface area contributed by atoms with Gasteiger partial charge in [0.25, 0.3) is 0 Å². The molecule has 15 heavy (non-hydrogen) atoms. The van der Waals surface area contributed by atoms with Crippen LogP contribution in [0.1, 0.15) is 77.6 Å². The van der Waals surface area contributed by atoms with Gasteiger partial charge in [-0.1, -0.05) is 71.1 Å². The molecule has 0 N–H and O–H groups in total. The molecule has 1 unspecified atom stereocenters. The average molecular weight is 297 g/mol. The van der Waals surface area contributed by atoms with Crippen LogP contribution in [0, 0.1) is 0 Å². The Balaban J connectivity index is 0. The predicted molar refractivity (Wildman–Crippen MR) is 81.4 cm³/mol. The number of hydrogen-bond donors (Lipinski definition) is 0. The van der Waals surface area contributed by atoms with Crippen LogP contribution >= 0.6 is 26.2 Å². The third kappa shape index (κ3) is 17.5. The summed E-state index contributed by atoms with van der Waals surface area (Å²) in [7, 11) is 2.81. The second kappa shape index (κ2) is 17.3. The van der Waals surface area contributed by atoms with Crippen LogP contribution in [0.2, 0.25) is 0 Å². The van der Waals surface area contributed by atoms with Crippen LogP contribution in [0.15, 0.2) is 0 Å². The van der Waals surface area contributed by atoms with Crippen molar-refractivity contribution in [3.05, 3.63) is 0 Å². The highest BCUT2D eigenvalue weighted by atomic mass is 79.9. The van der Waals surface area contributed by atoms with Crippen LogP contribution in [0.3, 0.4) is 0 Å². The Morgan fingerprint density at radius 3 is 1.27 bits per heavy atom. The van der Waals surface area contributed by atoms with Gasteiger partial charge >= 0.3 is 0 Å². The minimum atomic E-state index is 0. The van der Waals surface area contributed by atoms with Gasteiger partial charge in [0.2, 0.25) is 0 Å². The van der Waals surface area contributed by atoms with E-state index in [0.29, 0.717) is 0 Å². The van der Waals surface area contributed by atoms with Crippen LogP contribution in [0.25, 0.3) is 0 Å². The van der Waals surface area contributed by atoms with Crippen molar-refractivity contribution in [1.82, 2.24) is 0 Å². The summed E-state index contributed by atoms with van der Waals surface area (Å²) < 4.78 is 0. The first-order valence-corrected chi connectivity index (χ1v) is 7.43. The smallest absolute Gasteiger partial charge is 0.0381 e. The van der Waals surface area contributed by atoms with Crippen molar-refractivity contribution in [3.63, 3.8) is 0 Å². The second-order valence-electron chi connectivity index (χ2n) is 4.32. The fraction of sp³-hybridized carbons (Fsp3) is 1.00. The zero-order valence-corrected chi connectivity index (χ0v) is 13.3. The first-order chi connectivity index (χ1) is 6.91. The van der Waals surface area contributed by atoms with Gasteiger partial charge in [0.1, 0.15) is 0 Å². The summed E-state index contributed by atoms with van der Waals surface area (Å²) in [4.78, 5) is 0. The lowest BCUT2D eigenvalue weighted by atomic mass is 10.1. The fourth-order valence-electron chi connectivity index (χ4n) is 1.81. The van der Waals surface area contributed by atoms with E-state index < -0.39 is 0 Å². The minimum Gasteiger partial charge on any atom is -0.138 e. The van der Waals surface area contributed by atoms with Gasteiger partial charge < -0.3 is 0 Å². The fourth-order valence-corrected chi connectivity index (χ4v) is 2.10. The van der Waals surface area contributed by atoms with Crippen molar-refractivity contribution in [2.45, 2.75) is 77.6 Å². The summed E-state index contributed by atoms with van der Waals surface area (Å²) in [5.41, 5.74) is 0. The molecule has 0 radical (unpaired) electrons. The van der Waals surface area contributed by atoms with E-state index in [4.69, 9.17) is 0 Å². The summed E-state index contributed by atoms with van der Waals surface area (Å²) >= 11 is 0. The molecule has 0 saturated heterocycles. The molecule has 0 spiro atoms. The highest BCUT2D eigenvalue weighted by Crippen LogP contribution is 2.11. The van der Waals surface area contributed by atoms with E-state index in [9.17, 15) is 0 Å². The van der Waals surface area contributed by atoms with Gasteiger partial charge in [-0.2, -0.15) is 0 Å². The van der Waals surface area contributed by atoms with E-state index in [1.807, 2.05) is 0 Å². The van der Waals surface area contributed by atoms with Crippen LogP contribution in [0.5, 0.6) is 0 Å². The minimum absolute atomic E-state index is 0. The molecule has 0 rings (SSSR count). The van der Waals surface area contributed by atoms with Crippen molar-refractivity contribution >= 4 is 26.2 Å². The molecular weight excluding hydrogens is 267 g/mol. The third-order valence-electron chi connectivity index (χ3n) is 2.81. The highest BCUT2D eigenvalue weighted by Gasteiger charge is 1.91. The molecule has 0 amide bonds. The first-order valence-electron chi connectivity index (χ1n) is 6.62. The molecular formula is C13H30BrP. The van der Waals surface area contributed by atoms with Gasteiger partial charge in [-0.05, 0) is 12.6 Å². The van der Waals surface area contributed by atoms with Crippen LogP contribution in [-0.2, 0) is 0 Å². The van der Waals surface area contributed by atoms with E-state index >= 15 is 0 Å². The Morgan fingerprint density at radius 2 is 0.933 bits per heavy atom. The van der Waals surface area contributed by atoms with Crippen LogP contribution in [0.4, 0.5) is 0 Å². The van der Waals surface area contributed by atoms with Crippen LogP contribution in [-0.4, -0.2) is 6.16 Å². The largest absolute Gasteiger partial charge is 0.138 e. The summed E-state index contributed by atoms with van der Waals surface area (Å²) in [5, 5.41) is 0. The lowest BCUT2D eigenvalue weighted by molar-refractivity contribution is 0.555.